The van der Waals surface area contributed by atoms with Crippen LogP contribution in [-0.4, -0.2) is 28.9 Å². The van der Waals surface area contributed by atoms with Gasteiger partial charge in [-0.3, -0.25) is 4.79 Å². The van der Waals surface area contributed by atoms with Crippen molar-refractivity contribution in [1.29, 1.82) is 0 Å². The molecule has 0 N–H and O–H groups in total. The number of ether oxygens (including phenoxy) is 1. The summed E-state index contributed by atoms with van der Waals surface area (Å²) in [6, 6.07) is 12.6. The Morgan fingerprint density at radius 1 is 1.14 bits per heavy atom. The van der Waals surface area contributed by atoms with Crippen LogP contribution in [0.5, 0.6) is 5.75 Å². The van der Waals surface area contributed by atoms with Gasteiger partial charge in [-0.15, -0.1) is 0 Å². The Balaban J connectivity index is 1.38. The molecule has 7 heteroatoms. The first kappa shape index (κ1) is 18.2. The number of carbonyl (C=O) groups excluding carboxylic acids is 1. The predicted octanol–water partition coefficient (Wildman–Crippen LogP) is 4.16. The number of aromatic nitrogens is 1. The first-order chi connectivity index (χ1) is 13.6. The molecule has 144 valence electrons. The zero-order valence-corrected chi connectivity index (χ0v) is 15.0. The number of amides is 1. The topological polar surface area (TPSA) is 55.6 Å². The molecule has 5 nitrogen and oxygen atoms in total. The van der Waals surface area contributed by atoms with Crippen molar-refractivity contribution in [3.8, 4) is 5.75 Å². The van der Waals surface area contributed by atoms with Gasteiger partial charge >= 0.3 is 0 Å². The van der Waals surface area contributed by atoms with Crippen LogP contribution in [-0.2, 0) is 6.61 Å². The summed E-state index contributed by atoms with van der Waals surface area (Å²) in [6.45, 7) is 0.853. The minimum atomic E-state index is -0.485. The van der Waals surface area contributed by atoms with E-state index < -0.39 is 5.82 Å². The molecule has 1 saturated heterocycles. The van der Waals surface area contributed by atoms with Crippen molar-refractivity contribution < 1.29 is 22.7 Å². The third-order valence-corrected chi connectivity index (χ3v) is 4.78. The van der Waals surface area contributed by atoms with Gasteiger partial charge in [0.1, 0.15) is 12.1 Å². The standard InChI is InChI=1S/C21H18F2N2O3/c22-16-6-2-1-5-15(16)14-9-10-25(11-14)21(26)18-12-28-20(24-18)13-27-19-8-4-3-7-17(19)23/h1-8,12,14H,9-11,13H2/t14-/m1/s1. The molecule has 1 amide bonds. The lowest BCUT2D eigenvalue weighted by molar-refractivity contribution is 0.0784. The molecule has 1 aliphatic heterocycles. The zero-order chi connectivity index (χ0) is 19.5. The largest absolute Gasteiger partial charge is 0.481 e. The van der Waals surface area contributed by atoms with Crippen molar-refractivity contribution in [3.63, 3.8) is 0 Å². The first-order valence-electron chi connectivity index (χ1n) is 8.97. The average molecular weight is 384 g/mol. The first-order valence-corrected chi connectivity index (χ1v) is 8.97. The van der Waals surface area contributed by atoms with E-state index in [4.69, 9.17) is 9.15 Å². The normalized spacial score (nSPS) is 16.4. The van der Waals surface area contributed by atoms with Crippen molar-refractivity contribution in [3.05, 3.63) is 83.6 Å². The minimum absolute atomic E-state index is 0.0408. The summed E-state index contributed by atoms with van der Waals surface area (Å²) in [4.78, 5) is 18.4. The van der Waals surface area contributed by atoms with Gasteiger partial charge < -0.3 is 14.1 Å². The molecule has 0 bridgehead atoms. The highest BCUT2D eigenvalue weighted by Gasteiger charge is 2.30. The number of benzene rings is 2. The van der Waals surface area contributed by atoms with E-state index in [1.54, 1.807) is 35.2 Å². The van der Waals surface area contributed by atoms with Crippen LogP contribution in [0.3, 0.4) is 0 Å². The molecule has 3 aromatic rings. The van der Waals surface area contributed by atoms with E-state index in [2.05, 4.69) is 4.98 Å². The van der Waals surface area contributed by atoms with Crippen LogP contribution in [0.1, 0.15) is 34.3 Å². The summed E-state index contributed by atoms with van der Waals surface area (Å²) in [6.07, 6.45) is 1.95. The van der Waals surface area contributed by atoms with E-state index in [1.807, 2.05) is 0 Å². The molecule has 0 unspecified atom stereocenters. The van der Waals surface area contributed by atoms with Crippen molar-refractivity contribution in [1.82, 2.24) is 9.88 Å². The summed E-state index contributed by atoms with van der Waals surface area (Å²) >= 11 is 0. The van der Waals surface area contributed by atoms with E-state index in [9.17, 15) is 13.6 Å². The van der Waals surface area contributed by atoms with Crippen LogP contribution in [0.15, 0.2) is 59.2 Å². The fourth-order valence-corrected chi connectivity index (χ4v) is 3.34. The molecule has 1 aromatic heterocycles. The maximum Gasteiger partial charge on any atom is 0.275 e. The van der Waals surface area contributed by atoms with Crippen molar-refractivity contribution in [2.75, 3.05) is 13.1 Å². The molecule has 0 spiro atoms. The fraction of sp³-hybridized carbons (Fsp3) is 0.238. The van der Waals surface area contributed by atoms with Crippen molar-refractivity contribution in [2.24, 2.45) is 0 Å². The lowest BCUT2D eigenvalue weighted by Gasteiger charge is -2.15. The molecule has 1 fully saturated rings. The predicted molar refractivity (Wildman–Crippen MR) is 96.9 cm³/mol. The van der Waals surface area contributed by atoms with Crippen molar-refractivity contribution in [2.45, 2.75) is 18.9 Å². The highest BCUT2D eigenvalue weighted by molar-refractivity contribution is 5.92. The Bertz CT molecular complexity index is 989. The lowest BCUT2D eigenvalue weighted by atomic mass is 9.98. The number of rotatable bonds is 5. The van der Waals surface area contributed by atoms with Gasteiger partial charge in [0.2, 0.25) is 5.89 Å². The van der Waals surface area contributed by atoms with Crippen molar-refractivity contribution >= 4 is 5.91 Å². The fourth-order valence-electron chi connectivity index (χ4n) is 3.34. The molecule has 28 heavy (non-hydrogen) atoms. The molecule has 2 aromatic carbocycles. The van der Waals surface area contributed by atoms with Gasteiger partial charge in [-0.1, -0.05) is 30.3 Å². The van der Waals surface area contributed by atoms with Gasteiger partial charge in [0, 0.05) is 19.0 Å². The Morgan fingerprint density at radius 3 is 2.68 bits per heavy atom. The quantitative estimate of drug-likeness (QED) is 0.663. The molecule has 1 atom stereocenters. The Hall–Kier alpha value is -3.22. The minimum Gasteiger partial charge on any atom is -0.481 e. The van der Waals surface area contributed by atoms with Gasteiger partial charge in [0.15, 0.2) is 23.9 Å². The number of nitrogens with zero attached hydrogens (tertiary/aromatic N) is 2. The number of hydrogen-bond acceptors (Lipinski definition) is 4. The second-order valence-corrected chi connectivity index (χ2v) is 6.60. The van der Waals surface area contributed by atoms with Crippen LogP contribution < -0.4 is 4.74 Å². The summed E-state index contributed by atoms with van der Waals surface area (Å²) in [5.74, 6) is -0.796. The van der Waals surface area contributed by atoms with Gasteiger partial charge in [-0.2, -0.15) is 0 Å². The monoisotopic (exact) mass is 384 g/mol. The van der Waals surface area contributed by atoms with Gasteiger partial charge in [-0.05, 0) is 30.2 Å². The van der Waals surface area contributed by atoms with E-state index in [0.29, 0.717) is 25.1 Å². The maximum atomic E-state index is 14.0. The Kier molecular flexibility index (Phi) is 5.06. The van der Waals surface area contributed by atoms with Crippen LogP contribution in [0.25, 0.3) is 0 Å². The summed E-state index contributed by atoms with van der Waals surface area (Å²) < 4.78 is 38.2. The smallest absolute Gasteiger partial charge is 0.275 e. The van der Waals surface area contributed by atoms with Gasteiger partial charge in [-0.25, -0.2) is 13.8 Å². The van der Waals surface area contributed by atoms with Gasteiger partial charge in [0.25, 0.3) is 5.91 Å². The number of hydrogen-bond donors (Lipinski definition) is 0. The lowest BCUT2D eigenvalue weighted by Crippen LogP contribution is -2.28. The SMILES string of the molecule is O=C(c1coc(COc2ccccc2F)n1)N1CC[C@@H](c2ccccc2F)C1. The van der Waals surface area contributed by atoms with Crippen LogP contribution in [0, 0.1) is 11.6 Å². The highest BCUT2D eigenvalue weighted by atomic mass is 19.1. The summed E-state index contributed by atoms with van der Waals surface area (Å²) in [5.41, 5.74) is 0.776. The number of para-hydroxylation sites is 1. The van der Waals surface area contributed by atoms with E-state index in [1.165, 1.54) is 24.5 Å². The number of oxazole rings is 1. The van der Waals surface area contributed by atoms with E-state index in [-0.39, 0.29) is 41.6 Å². The Labute approximate surface area is 160 Å². The molecule has 0 saturated carbocycles. The van der Waals surface area contributed by atoms with Gasteiger partial charge in [0.05, 0.1) is 0 Å². The van der Waals surface area contributed by atoms with Crippen LogP contribution in [0.4, 0.5) is 8.78 Å². The van der Waals surface area contributed by atoms with E-state index in [0.717, 1.165) is 0 Å². The number of halogens is 2. The molecule has 0 aliphatic carbocycles. The van der Waals surface area contributed by atoms with Crippen LogP contribution >= 0.6 is 0 Å². The number of likely N-dealkylation sites (tertiary alicyclic amines) is 1. The third-order valence-electron chi connectivity index (χ3n) is 4.78. The molecular formula is C21H18F2N2O3. The molecule has 4 rings (SSSR count). The summed E-state index contributed by atoms with van der Waals surface area (Å²) in [5, 5.41) is 0. The average Bonchev–Trinajstić information content (AvgIpc) is 3.37. The second-order valence-electron chi connectivity index (χ2n) is 6.60. The second kappa shape index (κ2) is 7.80. The maximum absolute atomic E-state index is 14.0. The summed E-state index contributed by atoms with van der Waals surface area (Å²) in [7, 11) is 0. The number of carbonyl (C=O) groups is 1. The van der Waals surface area contributed by atoms with E-state index >= 15 is 0 Å². The molecule has 1 aliphatic rings. The Morgan fingerprint density at radius 2 is 1.89 bits per heavy atom. The molecule has 0 radical (unpaired) electrons. The molecule has 2 heterocycles. The molecular weight excluding hydrogens is 366 g/mol. The third kappa shape index (κ3) is 3.74. The highest BCUT2D eigenvalue weighted by Crippen LogP contribution is 2.29. The van der Waals surface area contributed by atoms with Crippen LogP contribution in [0.2, 0.25) is 0 Å². The zero-order valence-electron chi connectivity index (χ0n) is 15.0.